The number of para-hydroxylation sites is 1. The number of phenols is 1. The largest absolute Gasteiger partial charge is 0.507 e. The number of aryl methyl sites for hydroxylation is 2. The van der Waals surface area contributed by atoms with Gasteiger partial charge >= 0.3 is 66.0 Å². The first kappa shape index (κ1) is 22.6. The van der Waals surface area contributed by atoms with E-state index in [1.54, 1.807) is 18.3 Å². The Balaban J connectivity index is 0.000000333. The Bertz CT molecular complexity index is 679. The van der Waals surface area contributed by atoms with Crippen LogP contribution in [0.5, 0.6) is 5.75 Å². The van der Waals surface area contributed by atoms with Crippen LogP contribution < -0.4 is 0 Å². The third kappa shape index (κ3) is 10.3. The van der Waals surface area contributed by atoms with Gasteiger partial charge in [-0.05, 0) is 49.2 Å². The molecule has 0 saturated carbocycles. The standard InChI is InChI=1S/C15H15NO.C4H9.3ClH.Sn/c1-11-7-12(2)9-14(8-11)16-10-13-5-3-4-6-15(13)17;1-3-4-2;;;;/h3-10,17H,1-2H3;1,3-4H2,2H3;3*1H;/q;;;;;+3/p-3. The number of rotatable bonds is 5. The van der Waals surface area contributed by atoms with Crippen molar-refractivity contribution in [3.05, 3.63) is 59.2 Å². The van der Waals surface area contributed by atoms with Crippen molar-refractivity contribution in [1.29, 1.82) is 0 Å². The molecule has 0 aromatic heterocycles. The monoisotopic (exact) mass is 507 g/mol. The molecule has 0 amide bonds. The first-order chi connectivity index (χ1) is 11.7. The molecule has 0 unspecified atom stereocenters. The molecule has 2 rings (SSSR count). The molecule has 0 bridgehead atoms. The molecule has 6 heteroatoms. The third-order valence-corrected chi connectivity index (χ3v) is 9.74. The first-order valence-electron chi connectivity index (χ1n) is 8.18. The zero-order valence-electron chi connectivity index (χ0n) is 14.8. The van der Waals surface area contributed by atoms with Crippen LogP contribution in [0.4, 0.5) is 5.69 Å². The molecule has 2 aromatic rings. The van der Waals surface area contributed by atoms with Gasteiger partial charge in [0.05, 0.1) is 5.69 Å². The predicted octanol–water partition coefficient (Wildman–Crippen LogP) is 7.20. The van der Waals surface area contributed by atoms with E-state index in [2.05, 4.69) is 18.0 Å². The molecule has 0 radical (unpaired) electrons. The molecular formula is C19H24Cl3NOSn. The summed E-state index contributed by atoms with van der Waals surface area (Å²) in [5.41, 5.74) is 4.02. The second-order valence-electron chi connectivity index (χ2n) is 5.88. The van der Waals surface area contributed by atoms with Gasteiger partial charge in [0.1, 0.15) is 5.75 Å². The minimum absolute atomic E-state index is 0.251. The summed E-state index contributed by atoms with van der Waals surface area (Å²) in [6.45, 7) is 6.19. The molecule has 0 aliphatic carbocycles. The third-order valence-electron chi connectivity index (χ3n) is 3.31. The average Bonchev–Trinajstić information content (AvgIpc) is 2.51. The summed E-state index contributed by atoms with van der Waals surface area (Å²) < 4.78 is 0.871. The van der Waals surface area contributed by atoms with Gasteiger partial charge in [-0.1, -0.05) is 18.2 Å². The predicted molar refractivity (Wildman–Crippen MR) is 114 cm³/mol. The summed E-state index contributed by atoms with van der Waals surface area (Å²) >= 11 is -2.89. The molecule has 0 spiro atoms. The van der Waals surface area contributed by atoms with E-state index in [0.717, 1.165) is 28.5 Å². The van der Waals surface area contributed by atoms with E-state index < -0.39 is 15.0 Å². The number of hydrogen-bond donors (Lipinski definition) is 1. The van der Waals surface area contributed by atoms with Crippen LogP contribution in [0.3, 0.4) is 0 Å². The summed E-state index contributed by atoms with van der Waals surface area (Å²) in [4.78, 5) is 4.37. The number of nitrogens with zero attached hydrogens (tertiary/aromatic N) is 1. The minimum Gasteiger partial charge on any atom is -0.507 e. The first-order valence-corrected chi connectivity index (χ1v) is 21.0. The van der Waals surface area contributed by atoms with E-state index >= 15 is 0 Å². The van der Waals surface area contributed by atoms with Crippen molar-refractivity contribution in [1.82, 2.24) is 0 Å². The van der Waals surface area contributed by atoms with Crippen LogP contribution in [-0.2, 0) is 0 Å². The van der Waals surface area contributed by atoms with Crippen LogP contribution >= 0.6 is 26.8 Å². The molecule has 0 saturated heterocycles. The minimum atomic E-state index is -2.89. The van der Waals surface area contributed by atoms with E-state index in [4.69, 9.17) is 26.8 Å². The second-order valence-corrected chi connectivity index (χ2v) is 27.7. The van der Waals surface area contributed by atoms with Crippen LogP contribution in [0.15, 0.2) is 47.5 Å². The van der Waals surface area contributed by atoms with Gasteiger partial charge in [-0.25, -0.2) is 0 Å². The fourth-order valence-corrected chi connectivity index (χ4v) is 6.99. The van der Waals surface area contributed by atoms with Gasteiger partial charge in [-0.3, -0.25) is 4.99 Å². The van der Waals surface area contributed by atoms with Gasteiger partial charge in [-0.15, -0.1) is 0 Å². The number of halogens is 3. The Kier molecular flexibility index (Phi) is 10.2. The molecule has 1 N–H and O–H groups in total. The topological polar surface area (TPSA) is 32.6 Å². The average molecular weight is 507 g/mol. The molecule has 0 heterocycles. The molecule has 2 aromatic carbocycles. The summed E-state index contributed by atoms with van der Waals surface area (Å²) in [6, 6.07) is 13.3. The smallest absolute Gasteiger partial charge is 0.124 e. The van der Waals surface area contributed by atoms with E-state index in [0.29, 0.717) is 0 Å². The van der Waals surface area contributed by atoms with Crippen molar-refractivity contribution >= 4 is 53.7 Å². The summed E-state index contributed by atoms with van der Waals surface area (Å²) in [7, 11) is 17.0. The summed E-state index contributed by atoms with van der Waals surface area (Å²) in [5.74, 6) is 0.251. The Labute approximate surface area is 165 Å². The SMILES string of the molecule is CCC[CH2][Sn]([Cl])([Cl])[Cl].Cc1cc(C)cc(N=Cc2ccccc2O)c1. The summed E-state index contributed by atoms with van der Waals surface area (Å²) in [6.07, 6.45) is 3.89. The van der Waals surface area contributed by atoms with E-state index in [1.807, 2.05) is 38.1 Å². The maximum absolute atomic E-state index is 9.61. The van der Waals surface area contributed by atoms with Crippen LogP contribution in [0, 0.1) is 13.8 Å². The molecule has 2 nitrogen and oxygen atoms in total. The molecular weight excluding hydrogens is 483 g/mol. The van der Waals surface area contributed by atoms with Crippen molar-refractivity contribution in [2.45, 2.75) is 38.0 Å². The quantitative estimate of drug-likeness (QED) is 0.337. The molecule has 136 valence electrons. The number of benzene rings is 2. The number of aromatic hydroxyl groups is 1. The van der Waals surface area contributed by atoms with E-state index in [1.165, 1.54) is 11.1 Å². The molecule has 0 atom stereocenters. The maximum Gasteiger partial charge on any atom is 0.124 e. The van der Waals surface area contributed by atoms with Gasteiger partial charge in [0.2, 0.25) is 0 Å². The Morgan fingerprint density at radius 3 is 2.12 bits per heavy atom. The zero-order chi connectivity index (χ0) is 18.9. The van der Waals surface area contributed by atoms with Gasteiger partial charge in [-0.2, -0.15) is 0 Å². The second kappa shape index (κ2) is 11.3. The number of phenolic OH excluding ortho intramolecular Hbond substituents is 1. The van der Waals surface area contributed by atoms with E-state index in [9.17, 15) is 5.11 Å². The summed E-state index contributed by atoms with van der Waals surface area (Å²) in [5, 5.41) is 9.61. The number of hydrogen-bond acceptors (Lipinski definition) is 2. The maximum atomic E-state index is 9.61. The van der Waals surface area contributed by atoms with Crippen LogP contribution in [0.1, 0.15) is 36.5 Å². The van der Waals surface area contributed by atoms with Gasteiger partial charge < -0.3 is 5.11 Å². The van der Waals surface area contributed by atoms with Crippen molar-refractivity contribution < 1.29 is 5.11 Å². The molecule has 25 heavy (non-hydrogen) atoms. The molecule has 0 aliphatic rings. The number of aliphatic imine (C=N–C) groups is 1. The van der Waals surface area contributed by atoms with Gasteiger partial charge in [0.15, 0.2) is 0 Å². The fourth-order valence-electron chi connectivity index (χ4n) is 2.14. The Morgan fingerprint density at radius 2 is 1.64 bits per heavy atom. The molecule has 0 aliphatic heterocycles. The van der Waals surface area contributed by atoms with Crippen molar-refractivity contribution in [2.24, 2.45) is 4.99 Å². The van der Waals surface area contributed by atoms with Crippen LogP contribution in [0.25, 0.3) is 0 Å². The fraction of sp³-hybridized carbons (Fsp3) is 0.316. The van der Waals surface area contributed by atoms with Gasteiger partial charge in [0, 0.05) is 11.8 Å². The van der Waals surface area contributed by atoms with E-state index in [-0.39, 0.29) is 5.75 Å². The van der Waals surface area contributed by atoms with Crippen molar-refractivity contribution in [3.63, 3.8) is 0 Å². The Morgan fingerprint density at radius 1 is 1.04 bits per heavy atom. The molecule has 0 fully saturated rings. The number of unbranched alkanes of at least 4 members (excludes halogenated alkanes) is 1. The van der Waals surface area contributed by atoms with Crippen molar-refractivity contribution in [2.75, 3.05) is 0 Å². The zero-order valence-corrected chi connectivity index (χ0v) is 19.9. The van der Waals surface area contributed by atoms with Gasteiger partial charge in [0.25, 0.3) is 0 Å². The Hall–Kier alpha value is -0.421. The normalized spacial score (nSPS) is 11.3. The van der Waals surface area contributed by atoms with Crippen LogP contribution in [0.2, 0.25) is 4.44 Å². The van der Waals surface area contributed by atoms with Crippen LogP contribution in [-0.4, -0.2) is 26.3 Å². The van der Waals surface area contributed by atoms with Crippen molar-refractivity contribution in [3.8, 4) is 5.75 Å².